The van der Waals surface area contributed by atoms with Crippen molar-refractivity contribution in [1.82, 2.24) is 15.0 Å². The molecule has 0 spiro atoms. The molecule has 1 aliphatic heterocycles. The van der Waals surface area contributed by atoms with Crippen molar-refractivity contribution in [3.05, 3.63) is 64.5 Å². The highest BCUT2D eigenvalue weighted by Crippen LogP contribution is 2.33. The first-order valence-corrected chi connectivity index (χ1v) is 9.80. The minimum atomic E-state index is -0.281. The SMILES string of the molecule is O=C(Nc1cccc(Cl)c1Cl)N1CCCCC1c1nc(-c2ccccc2)no1. The van der Waals surface area contributed by atoms with E-state index in [0.29, 0.717) is 34.0 Å². The van der Waals surface area contributed by atoms with E-state index in [4.69, 9.17) is 27.7 Å². The molecule has 0 radical (unpaired) electrons. The number of hydrogen-bond acceptors (Lipinski definition) is 4. The highest BCUT2D eigenvalue weighted by molar-refractivity contribution is 6.43. The molecule has 3 aromatic rings. The molecule has 0 bridgehead atoms. The van der Waals surface area contributed by atoms with Gasteiger partial charge in [-0.1, -0.05) is 64.8 Å². The van der Waals surface area contributed by atoms with E-state index >= 15 is 0 Å². The van der Waals surface area contributed by atoms with Crippen LogP contribution in [0.1, 0.15) is 31.2 Å². The Bertz CT molecular complexity index is 977. The van der Waals surface area contributed by atoms with Crippen molar-refractivity contribution in [3.63, 3.8) is 0 Å². The largest absolute Gasteiger partial charge is 0.337 e. The molecule has 0 aliphatic carbocycles. The maximum absolute atomic E-state index is 12.9. The second-order valence-electron chi connectivity index (χ2n) is 6.56. The van der Waals surface area contributed by atoms with Crippen molar-refractivity contribution in [2.45, 2.75) is 25.3 Å². The molecule has 6 nitrogen and oxygen atoms in total. The van der Waals surface area contributed by atoms with Gasteiger partial charge in [0.1, 0.15) is 6.04 Å². The number of hydrogen-bond donors (Lipinski definition) is 1. The lowest BCUT2D eigenvalue weighted by Gasteiger charge is -2.33. The molecule has 1 atom stereocenters. The summed E-state index contributed by atoms with van der Waals surface area (Å²) in [7, 11) is 0. The van der Waals surface area contributed by atoms with Gasteiger partial charge in [0.05, 0.1) is 15.7 Å². The van der Waals surface area contributed by atoms with E-state index in [1.807, 2.05) is 30.3 Å². The molecule has 2 aromatic carbocycles. The Morgan fingerprint density at radius 3 is 2.75 bits per heavy atom. The first-order chi connectivity index (χ1) is 13.6. The molecule has 1 fully saturated rings. The van der Waals surface area contributed by atoms with Gasteiger partial charge in [-0.05, 0) is 31.4 Å². The van der Waals surface area contributed by atoms with Crippen LogP contribution in [-0.2, 0) is 0 Å². The Hall–Kier alpha value is -2.57. The molecule has 144 valence electrons. The van der Waals surface area contributed by atoms with E-state index in [1.165, 1.54) is 0 Å². The minimum Gasteiger partial charge on any atom is -0.337 e. The van der Waals surface area contributed by atoms with Crippen LogP contribution in [0.5, 0.6) is 0 Å². The van der Waals surface area contributed by atoms with Crippen LogP contribution in [0.3, 0.4) is 0 Å². The summed E-state index contributed by atoms with van der Waals surface area (Å²) in [5, 5.41) is 7.62. The van der Waals surface area contributed by atoms with Crippen LogP contribution < -0.4 is 5.32 Å². The maximum atomic E-state index is 12.9. The smallest absolute Gasteiger partial charge is 0.322 e. The number of halogens is 2. The van der Waals surface area contributed by atoms with Crippen molar-refractivity contribution >= 4 is 34.9 Å². The Kier molecular flexibility index (Phi) is 5.50. The number of piperidine rings is 1. The third kappa shape index (κ3) is 3.84. The number of anilines is 1. The number of aromatic nitrogens is 2. The summed E-state index contributed by atoms with van der Waals surface area (Å²) in [5.41, 5.74) is 1.34. The number of amides is 2. The summed E-state index contributed by atoms with van der Waals surface area (Å²) in [6.07, 6.45) is 2.65. The van der Waals surface area contributed by atoms with Crippen molar-refractivity contribution in [2.24, 2.45) is 0 Å². The van der Waals surface area contributed by atoms with Crippen molar-refractivity contribution in [3.8, 4) is 11.4 Å². The van der Waals surface area contributed by atoms with Gasteiger partial charge in [0.15, 0.2) is 0 Å². The van der Waals surface area contributed by atoms with Gasteiger partial charge in [-0.25, -0.2) is 4.79 Å². The Balaban J connectivity index is 1.56. The van der Waals surface area contributed by atoms with E-state index < -0.39 is 0 Å². The van der Waals surface area contributed by atoms with E-state index in [-0.39, 0.29) is 12.1 Å². The summed E-state index contributed by atoms with van der Waals surface area (Å²) in [6.45, 7) is 0.595. The second-order valence-corrected chi connectivity index (χ2v) is 7.34. The van der Waals surface area contributed by atoms with Crippen LogP contribution in [0.2, 0.25) is 10.0 Å². The fourth-order valence-electron chi connectivity index (χ4n) is 3.29. The summed E-state index contributed by atoms with van der Waals surface area (Å²) < 4.78 is 5.50. The Morgan fingerprint density at radius 2 is 1.93 bits per heavy atom. The van der Waals surface area contributed by atoms with Crippen molar-refractivity contribution in [2.75, 3.05) is 11.9 Å². The molecular formula is C20H18Cl2N4O2. The lowest BCUT2D eigenvalue weighted by Crippen LogP contribution is -2.41. The summed E-state index contributed by atoms with van der Waals surface area (Å²) in [5.74, 6) is 0.949. The molecule has 1 aliphatic rings. The molecule has 2 amide bonds. The van der Waals surface area contributed by atoms with Gasteiger partial charge < -0.3 is 14.7 Å². The molecular weight excluding hydrogens is 399 g/mol. The normalized spacial score (nSPS) is 16.8. The predicted octanol–water partition coefficient (Wildman–Crippen LogP) is 5.80. The molecule has 1 unspecified atom stereocenters. The van der Waals surface area contributed by atoms with Crippen molar-refractivity contribution in [1.29, 1.82) is 0 Å². The maximum Gasteiger partial charge on any atom is 0.322 e. The fraction of sp³-hybridized carbons (Fsp3) is 0.250. The van der Waals surface area contributed by atoms with Gasteiger partial charge in [0, 0.05) is 12.1 Å². The average molecular weight is 417 g/mol. The van der Waals surface area contributed by atoms with Gasteiger partial charge >= 0.3 is 6.03 Å². The molecule has 2 heterocycles. The summed E-state index contributed by atoms with van der Waals surface area (Å²) in [6, 6.07) is 14.2. The lowest BCUT2D eigenvalue weighted by molar-refractivity contribution is 0.142. The monoisotopic (exact) mass is 416 g/mol. The zero-order chi connectivity index (χ0) is 19.5. The van der Waals surface area contributed by atoms with E-state index in [0.717, 1.165) is 24.8 Å². The zero-order valence-corrected chi connectivity index (χ0v) is 16.5. The van der Waals surface area contributed by atoms with Crippen LogP contribution in [0.15, 0.2) is 53.1 Å². The quantitative estimate of drug-likeness (QED) is 0.585. The molecule has 28 heavy (non-hydrogen) atoms. The molecule has 1 N–H and O–H groups in total. The fourth-order valence-corrected chi connectivity index (χ4v) is 3.64. The van der Waals surface area contributed by atoms with Gasteiger partial charge in [-0.3, -0.25) is 0 Å². The minimum absolute atomic E-state index is 0.270. The summed E-state index contributed by atoms with van der Waals surface area (Å²) >= 11 is 12.2. The average Bonchev–Trinajstić information content (AvgIpc) is 3.22. The molecule has 1 saturated heterocycles. The topological polar surface area (TPSA) is 71.3 Å². The van der Waals surface area contributed by atoms with Crippen LogP contribution in [0.4, 0.5) is 10.5 Å². The third-order valence-electron chi connectivity index (χ3n) is 4.72. The number of carbonyl (C=O) groups is 1. The second kappa shape index (κ2) is 8.20. The van der Waals surface area contributed by atoms with Gasteiger partial charge in [0.25, 0.3) is 0 Å². The third-order valence-corrected chi connectivity index (χ3v) is 5.53. The zero-order valence-electron chi connectivity index (χ0n) is 14.9. The number of rotatable bonds is 3. The Morgan fingerprint density at radius 1 is 1.11 bits per heavy atom. The number of nitrogens with zero attached hydrogens (tertiary/aromatic N) is 3. The molecule has 0 saturated carbocycles. The van der Waals surface area contributed by atoms with Gasteiger partial charge in [0.2, 0.25) is 11.7 Å². The van der Waals surface area contributed by atoms with Gasteiger partial charge in [-0.2, -0.15) is 4.98 Å². The number of urea groups is 1. The summed E-state index contributed by atoms with van der Waals surface area (Å²) in [4.78, 5) is 19.2. The van der Waals surface area contributed by atoms with Crippen LogP contribution >= 0.6 is 23.2 Å². The number of carbonyl (C=O) groups excluding carboxylic acids is 1. The van der Waals surface area contributed by atoms with Gasteiger partial charge in [-0.15, -0.1) is 0 Å². The predicted molar refractivity (Wildman–Crippen MR) is 109 cm³/mol. The van der Waals surface area contributed by atoms with E-state index in [1.54, 1.807) is 23.1 Å². The van der Waals surface area contributed by atoms with E-state index in [9.17, 15) is 4.79 Å². The molecule has 1 aromatic heterocycles. The molecule has 4 rings (SSSR count). The first kappa shape index (κ1) is 18.8. The van der Waals surface area contributed by atoms with Crippen LogP contribution in [0, 0.1) is 0 Å². The lowest BCUT2D eigenvalue weighted by atomic mass is 10.0. The number of likely N-dealkylation sites (tertiary alicyclic amines) is 1. The highest BCUT2D eigenvalue weighted by atomic mass is 35.5. The van der Waals surface area contributed by atoms with Crippen molar-refractivity contribution < 1.29 is 9.32 Å². The number of benzene rings is 2. The first-order valence-electron chi connectivity index (χ1n) is 9.04. The standard InChI is InChI=1S/C20H18Cl2N4O2/c21-14-9-6-10-15(17(14)22)23-20(27)26-12-5-4-11-16(26)19-24-18(25-28-19)13-7-2-1-3-8-13/h1-3,6-10,16H,4-5,11-12H2,(H,23,27). The van der Waals surface area contributed by atoms with E-state index in [2.05, 4.69) is 15.5 Å². The Labute approximate surface area is 172 Å². The number of nitrogens with one attached hydrogen (secondary N) is 1. The van der Waals surface area contributed by atoms with Crippen LogP contribution in [0.25, 0.3) is 11.4 Å². The highest BCUT2D eigenvalue weighted by Gasteiger charge is 2.32. The van der Waals surface area contributed by atoms with Crippen LogP contribution in [-0.4, -0.2) is 27.6 Å². The molecule has 8 heteroatoms.